The molecule has 4 atom stereocenters. The Kier molecular flexibility index (Phi) is 7.15. The number of methoxy groups -OCH3 is 1. The predicted molar refractivity (Wildman–Crippen MR) is 131 cm³/mol. The fourth-order valence-electron chi connectivity index (χ4n) is 5.25. The van der Waals surface area contributed by atoms with E-state index in [1.54, 1.807) is 61.7 Å². The van der Waals surface area contributed by atoms with Gasteiger partial charge >= 0.3 is 17.7 Å². The highest BCUT2D eigenvalue weighted by Gasteiger charge is 2.58. The van der Waals surface area contributed by atoms with E-state index < -0.39 is 30.0 Å². The monoisotopic (exact) mass is 479 g/mol. The third-order valence-electron chi connectivity index (χ3n) is 7.11. The molecule has 4 rings (SSSR count). The van der Waals surface area contributed by atoms with E-state index in [2.05, 4.69) is 20.8 Å². The standard InChI is InChI=1S/C28H33NO6/c1-18(2)23-15-10-19(3)16-24(23)34-27(32)28(20-8-6-5-7-9-20)29(25(30)17-26(31)35-28)21-11-13-22(33-4)14-12-21/h5-9,11-14,18-19,23-24H,10,15-17H2,1-4H3/t19-,23+,24-,28+/m1/s1. The van der Waals surface area contributed by atoms with Crippen LogP contribution in [-0.4, -0.2) is 31.1 Å². The number of carbonyl (C=O) groups is 3. The average molecular weight is 480 g/mol. The van der Waals surface area contributed by atoms with E-state index in [4.69, 9.17) is 14.2 Å². The largest absolute Gasteiger partial charge is 0.497 e. The number of amides is 1. The third-order valence-corrected chi connectivity index (χ3v) is 7.11. The summed E-state index contributed by atoms with van der Waals surface area (Å²) in [5.74, 6) is -0.551. The molecular weight excluding hydrogens is 446 g/mol. The molecule has 2 aliphatic rings. The highest BCUT2D eigenvalue weighted by Crippen LogP contribution is 2.42. The van der Waals surface area contributed by atoms with Crippen LogP contribution in [0.15, 0.2) is 54.6 Å². The Labute approximate surface area is 206 Å². The quantitative estimate of drug-likeness (QED) is 0.436. The zero-order chi connectivity index (χ0) is 25.2. The van der Waals surface area contributed by atoms with E-state index in [-0.39, 0.29) is 12.0 Å². The summed E-state index contributed by atoms with van der Waals surface area (Å²) in [5, 5.41) is 0. The molecule has 35 heavy (non-hydrogen) atoms. The van der Waals surface area contributed by atoms with Crippen LogP contribution in [0.25, 0.3) is 0 Å². The summed E-state index contributed by atoms with van der Waals surface area (Å²) in [6.07, 6.45) is 1.95. The molecule has 7 nitrogen and oxygen atoms in total. The minimum Gasteiger partial charge on any atom is -0.497 e. The smallest absolute Gasteiger partial charge is 0.378 e. The molecule has 0 radical (unpaired) electrons. The molecule has 1 aliphatic carbocycles. The summed E-state index contributed by atoms with van der Waals surface area (Å²) in [7, 11) is 1.55. The Bertz CT molecular complexity index is 1070. The van der Waals surface area contributed by atoms with Crippen LogP contribution in [0.4, 0.5) is 5.69 Å². The Balaban J connectivity index is 1.82. The van der Waals surface area contributed by atoms with Gasteiger partial charge in [-0.15, -0.1) is 0 Å². The summed E-state index contributed by atoms with van der Waals surface area (Å²) in [6, 6.07) is 15.3. The second kappa shape index (κ2) is 10.1. The molecule has 0 spiro atoms. The number of esters is 2. The maximum absolute atomic E-state index is 14.1. The fourth-order valence-corrected chi connectivity index (χ4v) is 5.25. The van der Waals surface area contributed by atoms with Crippen LogP contribution in [0.2, 0.25) is 0 Å². The SMILES string of the molecule is COc1ccc(N2C(=O)CC(=O)O[C@]2(C(=O)O[C@@H]2C[C@H](C)CC[C@H]2C(C)C)c2ccccc2)cc1. The number of hydrogen-bond donors (Lipinski definition) is 0. The van der Waals surface area contributed by atoms with Crippen molar-refractivity contribution in [2.24, 2.45) is 17.8 Å². The van der Waals surface area contributed by atoms with Gasteiger partial charge in [0.15, 0.2) is 0 Å². The van der Waals surface area contributed by atoms with Gasteiger partial charge in [-0.3, -0.25) is 14.5 Å². The maximum Gasteiger partial charge on any atom is 0.378 e. The fraction of sp³-hybridized carbons (Fsp3) is 0.464. The highest BCUT2D eigenvalue weighted by molar-refractivity contribution is 6.11. The van der Waals surface area contributed by atoms with E-state index in [0.29, 0.717) is 28.8 Å². The number of ether oxygens (including phenoxy) is 3. The lowest BCUT2D eigenvalue weighted by Gasteiger charge is -2.45. The van der Waals surface area contributed by atoms with Gasteiger partial charge in [-0.2, -0.15) is 0 Å². The van der Waals surface area contributed by atoms with E-state index in [1.165, 1.54) is 4.90 Å². The molecule has 1 heterocycles. The van der Waals surface area contributed by atoms with Crippen molar-refractivity contribution >= 4 is 23.5 Å². The number of carbonyl (C=O) groups excluding carboxylic acids is 3. The first-order valence-electron chi connectivity index (χ1n) is 12.2. The van der Waals surface area contributed by atoms with E-state index in [1.807, 2.05) is 0 Å². The van der Waals surface area contributed by atoms with Gasteiger partial charge in [0.05, 0.1) is 7.11 Å². The van der Waals surface area contributed by atoms with Crippen molar-refractivity contribution in [1.82, 2.24) is 0 Å². The second-order valence-electron chi connectivity index (χ2n) is 9.86. The number of benzene rings is 2. The Morgan fingerprint density at radius 2 is 1.74 bits per heavy atom. The topological polar surface area (TPSA) is 82.1 Å². The van der Waals surface area contributed by atoms with Crippen LogP contribution in [0.1, 0.15) is 52.0 Å². The first-order valence-corrected chi connectivity index (χ1v) is 12.2. The molecule has 1 amide bonds. The maximum atomic E-state index is 14.1. The van der Waals surface area contributed by atoms with Gasteiger partial charge in [0.25, 0.3) is 0 Å². The molecule has 0 N–H and O–H groups in total. The lowest BCUT2D eigenvalue weighted by molar-refractivity contribution is -0.198. The van der Waals surface area contributed by atoms with Crippen molar-refractivity contribution in [3.63, 3.8) is 0 Å². The summed E-state index contributed by atoms with van der Waals surface area (Å²) in [6.45, 7) is 6.41. The number of hydrogen-bond acceptors (Lipinski definition) is 6. The van der Waals surface area contributed by atoms with Crippen molar-refractivity contribution in [2.75, 3.05) is 12.0 Å². The predicted octanol–water partition coefficient (Wildman–Crippen LogP) is 4.83. The molecule has 1 aliphatic heterocycles. The molecule has 1 saturated heterocycles. The zero-order valence-corrected chi connectivity index (χ0v) is 20.7. The molecule has 2 aromatic carbocycles. The molecule has 7 heteroatoms. The van der Waals surface area contributed by atoms with E-state index >= 15 is 0 Å². The molecule has 1 saturated carbocycles. The molecule has 2 aromatic rings. The van der Waals surface area contributed by atoms with E-state index in [0.717, 1.165) is 19.3 Å². The van der Waals surface area contributed by atoms with Gasteiger partial charge in [-0.25, -0.2) is 4.79 Å². The Morgan fingerprint density at radius 1 is 1.06 bits per heavy atom. The van der Waals surface area contributed by atoms with Crippen molar-refractivity contribution in [2.45, 2.75) is 58.3 Å². The Morgan fingerprint density at radius 3 is 2.37 bits per heavy atom. The summed E-state index contributed by atoms with van der Waals surface area (Å²) in [4.78, 5) is 41.4. The van der Waals surface area contributed by atoms with Crippen molar-refractivity contribution in [1.29, 1.82) is 0 Å². The molecule has 0 bridgehead atoms. The van der Waals surface area contributed by atoms with Crippen LogP contribution in [0, 0.1) is 17.8 Å². The van der Waals surface area contributed by atoms with Crippen LogP contribution < -0.4 is 9.64 Å². The number of rotatable bonds is 6. The third kappa shape index (κ3) is 4.77. The first-order chi connectivity index (χ1) is 16.8. The minimum absolute atomic E-state index is 0.187. The molecule has 2 fully saturated rings. The van der Waals surface area contributed by atoms with Gasteiger partial charge in [-0.1, -0.05) is 57.5 Å². The van der Waals surface area contributed by atoms with Gasteiger partial charge in [0.1, 0.15) is 18.3 Å². The van der Waals surface area contributed by atoms with Crippen LogP contribution in [0.5, 0.6) is 5.75 Å². The van der Waals surface area contributed by atoms with E-state index in [9.17, 15) is 14.4 Å². The van der Waals surface area contributed by atoms with Gasteiger partial charge in [0, 0.05) is 11.3 Å². The number of nitrogens with zero attached hydrogens (tertiary/aromatic N) is 1. The normalized spacial score (nSPS) is 26.9. The number of cyclic esters (lactones) is 1. The summed E-state index contributed by atoms with van der Waals surface area (Å²) >= 11 is 0. The zero-order valence-electron chi connectivity index (χ0n) is 20.7. The molecular formula is C28H33NO6. The second-order valence-corrected chi connectivity index (χ2v) is 9.86. The number of anilines is 1. The lowest BCUT2D eigenvalue weighted by Crippen LogP contribution is -2.62. The Hall–Kier alpha value is -3.35. The van der Waals surface area contributed by atoms with Crippen molar-refractivity contribution in [3.05, 3.63) is 60.2 Å². The van der Waals surface area contributed by atoms with Crippen LogP contribution >= 0.6 is 0 Å². The van der Waals surface area contributed by atoms with Crippen LogP contribution in [-0.2, 0) is 29.6 Å². The van der Waals surface area contributed by atoms with Gasteiger partial charge in [-0.05, 0) is 54.9 Å². The average Bonchev–Trinajstić information content (AvgIpc) is 2.84. The molecule has 186 valence electrons. The van der Waals surface area contributed by atoms with Crippen molar-refractivity contribution < 1.29 is 28.6 Å². The summed E-state index contributed by atoms with van der Waals surface area (Å²) < 4.78 is 17.3. The molecule has 0 aromatic heterocycles. The van der Waals surface area contributed by atoms with Gasteiger partial charge in [0.2, 0.25) is 5.91 Å². The minimum atomic E-state index is -2.07. The van der Waals surface area contributed by atoms with Crippen molar-refractivity contribution in [3.8, 4) is 5.75 Å². The van der Waals surface area contributed by atoms with Crippen LogP contribution in [0.3, 0.4) is 0 Å². The highest BCUT2D eigenvalue weighted by atomic mass is 16.6. The summed E-state index contributed by atoms with van der Waals surface area (Å²) in [5.41, 5.74) is -1.31. The molecule has 0 unspecified atom stereocenters. The first kappa shape index (κ1) is 24.8. The van der Waals surface area contributed by atoms with Gasteiger partial charge < -0.3 is 14.2 Å². The lowest BCUT2D eigenvalue weighted by atomic mass is 9.75.